The quantitative estimate of drug-likeness (QED) is 0.00950. The van der Waals surface area contributed by atoms with Crippen molar-refractivity contribution in [1.29, 1.82) is 0 Å². The maximum atomic E-state index is 15.3. The molecule has 32 nitrogen and oxygen atoms in total. The molecular formula is C80H96N10O22S4. The molecule has 7 aromatic rings. The van der Waals surface area contributed by atoms with Gasteiger partial charge in [-0.05, 0) is 120 Å². The molecule has 0 saturated heterocycles. The number of aromatic nitrogens is 6. The van der Waals surface area contributed by atoms with Crippen molar-refractivity contribution in [2.24, 2.45) is 0 Å². The summed E-state index contributed by atoms with van der Waals surface area (Å²) >= 11 is 0. The lowest BCUT2D eigenvalue weighted by Crippen LogP contribution is -2.35. The molecule has 622 valence electrons. The summed E-state index contributed by atoms with van der Waals surface area (Å²) in [6, 6.07) is 26.2. The number of carbonyl (C=O) groups excluding carboxylic acids is 2. The smallest absolute Gasteiger partial charge is 0.294 e. The van der Waals surface area contributed by atoms with Crippen molar-refractivity contribution in [1.82, 2.24) is 35.3 Å². The third-order valence-corrected chi connectivity index (χ3v) is 22.6. The van der Waals surface area contributed by atoms with E-state index >= 15 is 4.79 Å². The fourth-order valence-corrected chi connectivity index (χ4v) is 15.7. The molecule has 5 heterocycles. The van der Waals surface area contributed by atoms with E-state index in [9.17, 15) is 56.7 Å². The topological polar surface area (TPSA) is 411 Å². The van der Waals surface area contributed by atoms with Crippen molar-refractivity contribution in [2.45, 2.75) is 100 Å². The Bertz CT molecular complexity index is 5290. The largest absolute Gasteiger partial charge is 0.744 e. The van der Waals surface area contributed by atoms with Crippen LogP contribution in [0, 0.1) is 11.8 Å². The first-order valence-corrected chi connectivity index (χ1v) is 43.4. The van der Waals surface area contributed by atoms with E-state index in [-0.39, 0.29) is 115 Å². The number of allylic oxidation sites excluding steroid dienone is 8. The van der Waals surface area contributed by atoms with Gasteiger partial charge in [0.1, 0.15) is 28.1 Å². The number of methoxy groups -OCH3 is 2. The minimum Gasteiger partial charge on any atom is -0.744 e. The minimum absolute atomic E-state index is 0.00188. The molecule has 10 rings (SSSR count). The van der Waals surface area contributed by atoms with E-state index in [4.69, 9.17) is 37.9 Å². The van der Waals surface area contributed by atoms with Crippen LogP contribution < -0.4 is 15.1 Å². The summed E-state index contributed by atoms with van der Waals surface area (Å²) < 4.78 is 192. The Labute approximate surface area is 675 Å². The molecule has 3 aliphatic heterocycles. The van der Waals surface area contributed by atoms with E-state index in [1.54, 1.807) is 113 Å². The van der Waals surface area contributed by atoms with Crippen LogP contribution in [0.1, 0.15) is 113 Å². The number of nitrogens with one attached hydrogen (secondary N) is 1. The molecule has 3 aliphatic rings. The number of rotatable bonds is 45. The average molecular weight is 1680 g/mol. The second-order valence-corrected chi connectivity index (χ2v) is 34.3. The van der Waals surface area contributed by atoms with Crippen LogP contribution >= 0.6 is 0 Å². The number of nitrogens with zero attached hydrogens (tertiary/aromatic N) is 9. The van der Waals surface area contributed by atoms with E-state index in [0.29, 0.717) is 132 Å². The normalized spacial score (nSPS) is 15.1. The third-order valence-electron chi connectivity index (χ3n) is 19.3. The van der Waals surface area contributed by atoms with Crippen LogP contribution in [0.5, 0.6) is 0 Å². The molecule has 0 spiro atoms. The minimum atomic E-state index is -4.98. The Balaban J connectivity index is 1.12. The molecule has 4 N–H and O–H groups in total. The van der Waals surface area contributed by atoms with Gasteiger partial charge < -0.3 is 57.6 Å². The number of ether oxygens (including phenoxy) is 8. The zero-order chi connectivity index (χ0) is 83.3. The monoisotopic (exact) mass is 1680 g/mol. The highest BCUT2D eigenvalue weighted by molar-refractivity contribution is 7.86. The van der Waals surface area contributed by atoms with Crippen molar-refractivity contribution < 1.29 is 104 Å². The number of para-hydroxylation sites is 1. The number of hydrogen-bond donors (Lipinski definition) is 4. The van der Waals surface area contributed by atoms with Gasteiger partial charge in [0.15, 0.2) is 5.71 Å². The van der Waals surface area contributed by atoms with E-state index in [1.807, 2.05) is 62.4 Å². The van der Waals surface area contributed by atoms with Gasteiger partial charge >= 0.3 is 0 Å². The summed E-state index contributed by atoms with van der Waals surface area (Å²) in [4.78, 5) is 32.5. The molecule has 0 atom stereocenters. The first-order chi connectivity index (χ1) is 55.3. The van der Waals surface area contributed by atoms with Gasteiger partial charge in [-0.3, -0.25) is 23.2 Å². The van der Waals surface area contributed by atoms with Gasteiger partial charge in [-0.15, -0.1) is 10.2 Å². The first kappa shape index (κ1) is 89.0. The van der Waals surface area contributed by atoms with Crippen LogP contribution in [0.15, 0.2) is 161 Å². The maximum Gasteiger partial charge on any atom is 0.294 e. The van der Waals surface area contributed by atoms with Crippen LogP contribution in [0.2, 0.25) is 0 Å². The molecule has 0 bridgehead atoms. The maximum absolute atomic E-state index is 15.3. The molecule has 2 aromatic heterocycles. The van der Waals surface area contributed by atoms with Gasteiger partial charge in [0.2, 0.25) is 11.6 Å². The zero-order valence-electron chi connectivity index (χ0n) is 65.3. The van der Waals surface area contributed by atoms with Crippen molar-refractivity contribution >= 4 is 80.6 Å². The predicted octanol–water partition coefficient (Wildman–Crippen LogP) is 7.39. The van der Waals surface area contributed by atoms with Gasteiger partial charge in [-0.2, -0.15) is 29.8 Å². The average Bonchev–Trinajstić information content (AvgIpc) is 1.59. The van der Waals surface area contributed by atoms with Crippen molar-refractivity contribution in [3.05, 3.63) is 213 Å². The molecule has 36 heteroatoms. The van der Waals surface area contributed by atoms with Crippen molar-refractivity contribution in [3.63, 3.8) is 0 Å². The Morgan fingerprint density at radius 3 is 1.75 bits per heavy atom. The lowest BCUT2D eigenvalue weighted by Gasteiger charge is -2.27. The summed E-state index contributed by atoms with van der Waals surface area (Å²) in [5, 5.41) is 21.0. The fourth-order valence-electron chi connectivity index (χ4n) is 13.7. The number of amides is 2. The van der Waals surface area contributed by atoms with Gasteiger partial charge in [-0.1, -0.05) is 90.8 Å². The summed E-state index contributed by atoms with van der Waals surface area (Å²) in [5.74, 6) is 4.34. The van der Waals surface area contributed by atoms with E-state index in [2.05, 4.69) is 37.8 Å². The summed E-state index contributed by atoms with van der Waals surface area (Å²) in [6.45, 7) is 11.1. The Hall–Kier alpha value is -9.37. The van der Waals surface area contributed by atoms with Gasteiger partial charge in [0, 0.05) is 91.3 Å². The molecule has 0 aliphatic carbocycles. The van der Waals surface area contributed by atoms with Crippen LogP contribution in [0.3, 0.4) is 0 Å². The van der Waals surface area contributed by atoms with E-state index in [0.717, 1.165) is 11.1 Å². The summed E-state index contributed by atoms with van der Waals surface area (Å²) in [7, 11) is -15.5. The van der Waals surface area contributed by atoms with E-state index in [1.165, 1.54) is 36.4 Å². The standard InChI is InChI=1S/C80H96N10O22S4/c1-79(2)69-49-67(115(99,100)101)25-27-72(69)88(31-13-45-113(93,94)95)74(79)21-11-18-60(19-12-22-75-80(3,4)70-50-68(116(102,103)104)26-28-73(70)89(75)32-14-46-114(96,97)98)77-63(51-86-54-65(82-84-86)56-111-43-41-109-39-37-107-35-33-105-5)47-62(48-64(77)52-87-55-66(83-85-87)57-112-44-42-110-40-38-108-36-34-106-6)78(92)81-30-29-76(91)90-53-61-17-8-7-15-58(61)23-24-59-16-9-10-20-71(59)90/h7-12,15-22,25-28,47-50,54-55H,13-14,29-46,51-53,56-57H2,1-6H3,(H4-,81,92,93,94,95,96,97,98,99,100,101,102,103,104). The van der Waals surface area contributed by atoms with Crippen LogP contribution in [-0.4, -0.2) is 229 Å². The number of hydrogen-bond acceptors (Lipinski definition) is 24. The van der Waals surface area contributed by atoms with Crippen LogP contribution in [-0.2, 0) is 127 Å². The fraction of sp³-hybridized carbons (Fsp3) is 0.412. The molecule has 0 unspecified atom stereocenters. The van der Waals surface area contributed by atoms with Crippen molar-refractivity contribution in [2.75, 3.05) is 134 Å². The Morgan fingerprint density at radius 2 is 1.16 bits per heavy atom. The number of benzene rings is 5. The summed E-state index contributed by atoms with van der Waals surface area (Å²) in [5.41, 5.74) is 6.29. The number of anilines is 2. The highest BCUT2D eigenvalue weighted by Crippen LogP contribution is 2.49. The van der Waals surface area contributed by atoms with Crippen LogP contribution in [0.4, 0.5) is 17.1 Å². The predicted molar refractivity (Wildman–Crippen MR) is 428 cm³/mol. The Kier molecular flexibility index (Phi) is 31.2. The van der Waals surface area contributed by atoms with Gasteiger partial charge in [0.05, 0.1) is 157 Å². The lowest BCUT2D eigenvalue weighted by atomic mass is 9.81. The number of carbonyl (C=O) groups is 2. The molecule has 0 fully saturated rings. The molecule has 0 radical (unpaired) electrons. The summed E-state index contributed by atoms with van der Waals surface area (Å²) in [6.07, 6.45) is 13.5. The first-order valence-electron chi connectivity index (χ1n) is 37.3. The Morgan fingerprint density at radius 1 is 0.621 bits per heavy atom. The molecule has 5 aromatic carbocycles. The molecule has 2 amide bonds. The zero-order valence-corrected chi connectivity index (χ0v) is 68.6. The highest BCUT2D eigenvalue weighted by Gasteiger charge is 2.45. The number of fused-ring (bicyclic) bond motifs is 4. The second kappa shape index (κ2) is 40.7. The van der Waals surface area contributed by atoms with Gasteiger partial charge in [-0.25, -0.2) is 17.8 Å². The SMILES string of the molecule is COCCOCCOCCOCc1cn(Cc2cc(C(=O)NCCC(=O)N3Cc4ccccc4C#Cc4ccccc43)cc(Cn3cc(COCCOCCOCCOC)nn3)c2C(=C\C=C\C2=[N+](CCCS(=O)(=O)O)c3ccc(S(=O)(=O)[O-])cc3C2(C)C)/C=C/C=C2/N(CCCS(=O)(=O)O)c3ccc(S(=O)(=O)O)cc3C2(C)C)nn1. The van der Waals surface area contributed by atoms with Gasteiger partial charge in [0.25, 0.3) is 36.3 Å². The molecule has 0 saturated carbocycles. The molecule has 116 heavy (non-hydrogen) atoms. The second-order valence-electron chi connectivity index (χ2n) is 28.3. The van der Waals surface area contributed by atoms with Crippen LogP contribution in [0.25, 0.3) is 5.57 Å². The highest BCUT2D eigenvalue weighted by atomic mass is 32.2. The third kappa shape index (κ3) is 24.6. The lowest BCUT2D eigenvalue weighted by molar-refractivity contribution is -0.437. The van der Waals surface area contributed by atoms with E-state index < -0.39 is 73.6 Å². The van der Waals surface area contributed by atoms with Crippen molar-refractivity contribution in [3.8, 4) is 11.8 Å². The molecular weight excluding hydrogens is 1580 g/mol.